The molecular formula is C14H19N3O. The molecule has 0 radical (unpaired) electrons. The molecule has 4 nitrogen and oxygen atoms in total. The van der Waals surface area contributed by atoms with Crippen LogP contribution in [0.25, 0.3) is 0 Å². The summed E-state index contributed by atoms with van der Waals surface area (Å²) in [5, 5.41) is 0. The number of nitrogens with zero attached hydrogens (tertiary/aromatic N) is 2. The molecule has 18 heavy (non-hydrogen) atoms. The molecule has 1 unspecified atom stereocenters. The summed E-state index contributed by atoms with van der Waals surface area (Å²) in [6.07, 6.45) is 1.72. The second-order valence-electron chi connectivity index (χ2n) is 5.27. The number of carbonyl (C=O) groups is 1. The van der Waals surface area contributed by atoms with Gasteiger partial charge in [0.05, 0.1) is 0 Å². The lowest BCUT2D eigenvalue weighted by Gasteiger charge is -2.39. The molecule has 2 saturated heterocycles. The van der Waals surface area contributed by atoms with E-state index in [1.54, 1.807) is 0 Å². The van der Waals surface area contributed by atoms with Crippen LogP contribution in [0, 0.1) is 6.92 Å². The predicted octanol–water partition coefficient (Wildman–Crippen LogP) is 1.39. The summed E-state index contributed by atoms with van der Waals surface area (Å²) in [7, 11) is 0. The number of hydrogen-bond donors (Lipinski definition) is 1. The maximum absolute atomic E-state index is 11.6. The molecule has 1 amide bonds. The van der Waals surface area contributed by atoms with Crippen molar-refractivity contribution in [3.63, 3.8) is 0 Å². The smallest absolute Gasteiger partial charge is 0.223 e. The van der Waals surface area contributed by atoms with E-state index < -0.39 is 0 Å². The summed E-state index contributed by atoms with van der Waals surface area (Å²) in [4.78, 5) is 16.1. The quantitative estimate of drug-likeness (QED) is 0.761. The second-order valence-corrected chi connectivity index (χ2v) is 5.27. The van der Waals surface area contributed by atoms with Gasteiger partial charge in [-0.25, -0.2) is 0 Å². The molecule has 3 rings (SSSR count). The van der Waals surface area contributed by atoms with E-state index in [9.17, 15) is 4.79 Å². The molecule has 2 heterocycles. The van der Waals surface area contributed by atoms with Crippen LogP contribution in [-0.4, -0.2) is 36.5 Å². The predicted molar refractivity (Wildman–Crippen MR) is 72.5 cm³/mol. The Bertz CT molecular complexity index is 486. The van der Waals surface area contributed by atoms with E-state index in [0.717, 1.165) is 43.7 Å². The number of nitrogen functional groups attached to an aromatic ring is 1. The van der Waals surface area contributed by atoms with Gasteiger partial charge in [0.25, 0.3) is 0 Å². The van der Waals surface area contributed by atoms with Crippen molar-refractivity contribution in [1.29, 1.82) is 0 Å². The number of piperazine rings is 1. The normalized spacial score (nSPS) is 23.4. The van der Waals surface area contributed by atoms with E-state index in [-0.39, 0.29) is 0 Å². The van der Waals surface area contributed by atoms with Crippen molar-refractivity contribution in [2.24, 2.45) is 0 Å². The number of anilines is 2. The fraction of sp³-hybridized carbons (Fsp3) is 0.500. The first-order chi connectivity index (χ1) is 8.65. The van der Waals surface area contributed by atoms with Crippen molar-refractivity contribution < 1.29 is 4.79 Å². The minimum absolute atomic E-state index is 0.327. The van der Waals surface area contributed by atoms with E-state index in [1.807, 2.05) is 17.9 Å². The molecule has 96 valence electrons. The van der Waals surface area contributed by atoms with Crippen molar-refractivity contribution in [1.82, 2.24) is 4.90 Å². The third kappa shape index (κ3) is 1.82. The third-order valence-electron chi connectivity index (χ3n) is 4.11. The van der Waals surface area contributed by atoms with Crippen LogP contribution in [-0.2, 0) is 4.79 Å². The van der Waals surface area contributed by atoms with Gasteiger partial charge in [0.15, 0.2) is 0 Å². The molecule has 2 aliphatic rings. The van der Waals surface area contributed by atoms with Crippen molar-refractivity contribution in [3.05, 3.63) is 23.8 Å². The van der Waals surface area contributed by atoms with Crippen LogP contribution >= 0.6 is 0 Å². The summed E-state index contributed by atoms with van der Waals surface area (Å²) >= 11 is 0. The number of rotatable bonds is 1. The average molecular weight is 245 g/mol. The summed E-state index contributed by atoms with van der Waals surface area (Å²) in [6.45, 7) is 4.77. The molecule has 0 spiro atoms. The second kappa shape index (κ2) is 4.19. The molecule has 2 N–H and O–H groups in total. The van der Waals surface area contributed by atoms with Crippen LogP contribution in [0.4, 0.5) is 11.4 Å². The lowest BCUT2D eigenvalue weighted by atomic mass is 10.1. The summed E-state index contributed by atoms with van der Waals surface area (Å²) in [6, 6.07) is 6.59. The van der Waals surface area contributed by atoms with Crippen LogP contribution in [0.2, 0.25) is 0 Å². The van der Waals surface area contributed by atoms with Crippen molar-refractivity contribution in [2.45, 2.75) is 25.8 Å². The van der Waals surface area contributed by atoms with Gasteiger partial charge < -0.3 is 15.5 Å². The van der Waals surface area contributed by atoms with Gasteiger partial charge in [-0.15, -0.1) is 0 Å². The van der Waals surface area contributed by atoms with Crippen LogP contribution < -0.4 is 10.6 Å². The van der Waals surface area contributed by atoms with Gasteiger partial charge in [-0.1, -0.05) is 0 Å². The van der Waals surface area contributed by atoms with Crippen LogP contribution in [0.5, 0.6) is 0 Å². The van der Waals surface area contributed by atoms with Crippen molar-refractivity contribution in [3.8, 4) is 0 Å². The Morgan fingerprint density at radius 2 is 2.17 bits per heavy atom. The molecule has 4 heteroatoms. The molecule has 1 aromatic carbocycles. The van der Waals surface area contributed by atoms with Crippen molar-refractivity contribution in [2.75, 3.05) is 30.3 Å². The highest BCUT2D eigenvalue weighted by Crippen LogP contribution is 2.27. The maximum Gasteiger partial charge on any atom is 0.223 e. The standard InChI is InChI=1S/C14H19N3O/c1-10-8-11(2-4-13(10)15)16-6-7-17-12(9-16)3-5-14(17)18/h2,4,8,12H,3,5-7,9,15H2,1H3. The molecule has 0 bridgehead atoms. The van der Waals surface area contributed by atoms with Crippen LogP contribution in [0.15, 0.2) is 18.2 Å². The Hall–Kier alpha value is -1.71. The molecule has 1 atom stereocenters. The first-order valence-corrected chi connectivity index (χ1v) is 6.55. The van der Waals surface area contributed by atoms with Gasteiger partial charge in [0.2, 0.25) is 5.91 Å². The number of benzene rings is 1. The van der Waals surface area contributed by atoms with Gasteiger partial charge in [0, 0.05) is 43.5 Å². The minimum Gasteiger partial charge on any atom is -0.399 e. The number of amides is 1. The Morgan fingerprint density at radius 1 is 1.33 bits per heavy atom. The Labute approximate surface area is 107 Å². The van der Waals surface area contributed by atoms with Gasteiger partial charge in [0.1, 0.15) is 0 Å². The zero-order valence-corrected chi connectivity index (χ0v) is 10.7. The first kappa shape index (κ1) is 11.4. The fourth-order valence-corrected chi connectivity index (χ4v) is 2.96. The number of nitrogens with two attached hydrogens (primary N) is 1. The van der Waals surface area contributed by atoms with Crippen LogP contribution in [0.1, 0.15) is 18.4 Å². The Morgan fingerprint density at radius 3 is 2.94 bits per heavy atom. The molecular weight excluding hydrogens is 226 g/mol. The van der Waals surface area contributed by atoms with Gasteiger partial charge in [-0.3, -0.25) is 4.79 Å². The molecule has 0 aromatic heterocycles. The molecule has 0 saturated carbocycles. The summed E-state index contributed by atoms with van der Waals surface area (Å²) < 4.78 is 0. The average Bonchev–Trinajstić information content (AvgIpc) is 2.74. The van der Waals surface area contributed by atoms with E-state index in [1.165, 1.54) is 5.69 Å². The van der Waals surface area contributed by atoms with E-state index in [4.69, 9.17) is 5.73 Å². The lowest BCUT2D eigenvalue weighted by Crippen LogP contribution is -2.51. The monoisotopic (exact) mass is 245 g/mol. The highest BCUT2D eigenvalue weighted by molar-refractivity contribution is 5.79. The lowest BCUT2D eigenvalue weighted by molar-refractivity contribution is -0.129. The van der Waals surface area contributed by atoms with Gasteiger partial charge >= 0.3 is 0 Å². The number of carbonyl (C=O) groups excluding carboxylic acids is 1. The van der Waals surface area contributed by atoms with Gasteiger partial charge in [-0.05, 0) is 37.1 Å². The number of hydrogen-bond acceptors (Lipinski definition) is 3. The van der Waals surface area contributed by atoms with E-state index in [0.29, 0.717) is 11.9 Å². The first-order valence-electron chi connectivity index (χ1n) is 6.55. The zero-order chi connectivity index (χ0) is 12.7. The fourth-order valence-electron chi connectivity index (χ4n) is 2.96. The zero-order valence-electron chi connectivity index (χ0n) is 10.7. The largest absolute Gasteiger partial charge is 0.399 e. The topological polar surface area (TPSA) is 49.6 Å². The highest BCUT2D eigenvalue weighted by Gasteiger charge is 2.35. The minimum atomic E-state index is 0.327. The Balaban J connectivity index is 1.78. The van der Waals surface area contributed by atoms with Crippen LogP contribution in [0.3, 0.4) is 0 Å². The summed E-state index contributed by atoms with van der Waals surface area (Å²) in [5.41, 5.74) is 9.04. The maximum atomic E-state index is 11.6. The number of aryl methyl sites for hydroxylation is 1. The van der Waals surface area contributed by atoms with Crippen molar-refractivity contribution >= 4 is 17.3 Å². The molecule has 2 aliphatic heterocycles. The van der Waals surface area contributed by atoms with Gasteiger partial charge in [-0.2, -0.15) is 0 Å². The summed E-state index contributed by atoms with van der Waals surface area (Å²) in [5.74, 6) is 0.327. The highest BCUT2D eigenvalue weighted by atomic mass is 16.2. The molecule has 0 aliphatic carbocycles. The Kier molecular flexibility index (Phi) is 2.65. The molecule has 2 fully saturated rings. The van der Waals surface area contributed by atoms with E-state index in [2.05, 4.69) is 17.0 Å². The SMILES string of the molecule is Cc1cc(N2CCN3C(=O)CCC3C2)ccc1N. The molecule has 1 aromatic rings. The van der Waals surface area contributed by atoms with E-state index >= 15 is 0 Å². The number of fused-ring (bicyclic) bond motifs is 1. The third-order valence-corrected chi connectivity index (χ3v) is 4.11.